The molecule has 0 spiro atoms. The van der Waals surface area contributed by atoms with Crippen molar-refractivity contribution in [3.63, 3.8) is 0 Å². The largest absolute Gasteiger partial charge is 0.539 e. The van der Waals surface area contributed by atoms with Crippen LogP contribution in [0.15, 0.2) is 33.7 Å². The average Bonchev–Trinajstić information content (AvgIpc) is 2.99. The molecule has 0 atom stereocenters. The maximum absolute atomic E-state index is 12.4. The van der Waals surface area contributed by atoms with Gasteiger partial charge in [0.2, 0.25) is 5.91 Å². The maximum Gasteiger partial charge on any atom is 0.224 e. The Morgan fingerprint density at radius 1 is 1.18 bits per heavy atom. The first-order valence-corrected chi connectivity index (χ1v) is 11.1. The van der Waals surface area contributed by atoms with Crippen LogP contribution in [-0.4, -0.2) is 19.5 Å². The second kappa shape index (κ2) is 8.77. The summed E-state index contributed by atoms with van der Waals surface area (Å²) >= 11 is 0. The molecule has 1 aliphatic carbocycles. The monoisotopic (exact) mass is 404 g/mol. The highest BCUT2D eigenvalue weighted by Gasteiger charge is 2.15. The highest BCUT2D eigenvalue weighted by atomic mass is 32.2. The van der Waals surface area contributed by atoms with Crippen LogP contribution >= 0.6 is 0 Å². The van der Waals surface area contributed by atoms with E-state index in [2.05, 4.69) is 15.2 Å². The molecule has 1 N–H and O–H groups in total. The fourth-order valence-electron chi connectivity index (χ4n) is 3.40. The van der Waals surface area contributed by atoms with E-state index >= 15 is 0 Å². The lowest BCUT2D eigenvalue weighted by atomic mass is 9.86. The van der Waals surface area contributed by atoms with Crippen LogP contribution in [0.2, 0.25) is 0 Å². The van der Waals surface area contributed by atoms with Crippen LogP contribution in [0.4, 0.5) is 11.6 Å². The molecule has 1 heterocycles. The van der Waals surface area contributed by atoms with Crippen LogP contribution in [0.3, 0.4) is 0 Å². The highest BCUT2D eigenvalue weighted by molar-refractivity contribution is 7.94. The summed E-state index contributed by atoms with van der Waals surface area (Å²) in [6, 6.07) is 5.99. The van der Waals surface area contributed by atoms with Crippen LogP contribution in [0.25, 0.3) is 4.72 Å². The van der Waals surface area contributed by atoms with Gasteiger partial charge in [-0.3, -0.25) is 4.79 Å². The van der Waals surface area contributed by atoms with E-state index in [0.717, 1.165) is 6.42 Å². The number of aromatic nitrogens is 1. The van der Waals surface area contributed by atoms with Gasteiger partial charge in [-0.05, 0) is 56.0 Å². The third-order valence-corrected chi connectivity index (χ3v) is 6.55. The zero-order valence-corrected chi connectivity index (χ0v) is 17.1. The molecular weight excluding hydrogens is 378 g/mol. The van der Waals surface area contributed by atoms with Gasteiger partial charge in [-0.15, -0.1) is 0 Å². The minimum atomic E-state index is -3.91. The normalized spacial score (nSPS) is 15.4. The maximum atomic E-state index is 12.4. The first-order valence-electron chi connectivity index (χ1n) is 9.66. The van der Waals surface area contributed by atoms with E-state index in [-0.39, 0.29) is 16.7 Å². The standard InChI is InChI=1S/C20H27N3O4S/c1-14-15(2)22-27-20(14)23-28(25,26)18-11-9-17(10-12-18)21-19(24)13-8-16-6-4-3-5-7-16/h9-12,16H,3-8,13H2,1-2H3,(H2,21,22,23,24)/p-1. The van der Waals surface area contributed by atoms with E-state index < -0.39 is 10.0 Å². The van der Waals surface area contributed by atoms with Crippen molar-refractivity contribution in [2.75, 3.05) is 5.32 Å². The number of nitrogens with one attached hydrogen (secondary N) is 1. The van der Waals surface area contributed by atoms with Crippen LogP contribution in [0.1, 0.15) is 56.2 Å². The van der Waals surface area contributed by atoms with E-state index in [1.807, 2.05) is 0 Å². The van der Waals surface area contributed by atoms with Crippen LogP contribution < -0.4 is 5.32 Å². The summed E-state index contributed by atoms with van der Waals surface area (Å²) in [5.41, 5.74) is 1.75. The van der Waals surface area contributed by atoms with Gasteiger partial charge >= 0.3 is 0 Å². The topological polar surface area (TPSA) is 103 Å². The Hall–Kier alpha value is -2.35. The van der Waals surface area contributed by atoms with Gasteiger partial charge < -0.3 is 14.6 Å². The Kier molecular flexibility index (Phi) is 6.39. The molecule has 8 heteroatoms. The number of nitrogens with zero attached hydrogens (tertiary/aromatic N) is 2. The van der Waals surface area contributed by atoms with E-state index in [0.29, 0.717) is 29.3 Å². The Morgan fingerprint density at radius 3 is 2.46 bits per heavy atom. The molecule has 0 saturated heterocycles. The van der Waals surface area contributed by atoms with Crippen molar-refractivity contribution in [3.05, 3.63) is 40.2 Å². The smallest absolute Gasteiger partial charge is 0.224 e. The van der Waals surface area contributed by atoms with Crippen molar-refractivity contribution in [2.24, 2.45) is 5.92 Å². The summed E-state index contributed by atoms with van der Waals surface area (Å²) in [4.78, 5) is 12.2. The minimum Gasteiger partial charge on any atom is -0.539 e. The predicted molar refractivity (Wildman–Crippen MR) is 107 cm³/mol. The molecule has 1 fully saturated rings. The summed E-state index contributed by atoms with van der Waals surface area (Å²) in [6.45, 7) is 3.42. The molecule has 28 heavy (non-hydrogen) atoms. The second-order valence-corrected chi connectivity index (χ2v) is 8.98. The summed E-state index contributed by atoms with van der Waals surface area (Å²) in [6.07, 6.45) is 7.67. The summed E-state index contributed by atoms with van der Waals surface area (Å²) in [5.74, 6) is 0.591. The number of aryl methyl sites for hydroxylation is 1. The second-order valence-electron chi connectivity index (χ2n) is 7.38. The molecule has 3 rings (SSSR count). The summed E-state index contributed by atoms with van der Waals surface area (Å²) < 4.78 is 33.5. The first kappa shape index (κ1) is 20.4. The molecule has 2 aromatic rings. The molecule has 1 aromatic carbocycles. The number of benzene rings is 1. The quantitative estimate of drug-likeness (QED) is 0.700. The van der Waals surface area contributed by atoms with Crippen molar-refractivity contribution in [3.8, 4) is 0 Å². The van der Waals surface area contributed by atoms with Gasteiger partial charge in [-0.1, -0.05) is 37.3 Å². The van der Waals surface area contributed by atoms with Crippen molar-refractivity contribution in [2.45, 2.75) is 63.7 Å². The Morgan fingerprint density at radius 2 is 1.86 bits per heavy atom. The van der Waals surface area contributed by atoms with E-state index in [4.69, 9.17) is 4.52 Å². The van der Waals surface area contributed by atoms with Crippen LogP contribution in [-0.2, 0) is 14.8 Å². The van der Waals surface area contributed by atoms with Crippen molar-refractivity contribution < 1.29 is 17.7 Å². The lowest BCUT2D eigenvalue weighted by molar-refractivity contribution is -0.116. The van der Waals surface area contributed by atoms with Gasteiger partial charge in [0, 0.05) is 12.1 Å². The van der Waals surface area contributed by atoms with E-state index in [1.165, 1.54) is 44.2 Å². The van der Waals surface area contributed by atoms with Crippen molar-refractivity contribution in [1.29, 1.82) is 0 Å². The molecule has 0 radical (unpaired) electrons. The summed E-state index contributed by atoms with van der Waals surface area (Å²) in [7, 11) is -3.91. The van der Waals surface area contributed by atoms with Crippen molar-refractivity contribution in [1.82, 2.24) is 5.16 Å². The lowest BCUT2D eigenvalue weighted by Crippen LogP contribution is -2.14. The van der Waals surface area contributed by atoms with Crippen molar-refractivity contribution >= 4 is 27.5 Å². The van der Waals surface area contributed by atoms with Gasteiger partial charge in [0.1, 0.15) is 10.0 Å². The SMILES string of the molecule is Cc1noc([N-]S(=O)(=O)c2ccc(NC(=O)CCC3CCCCC3)cc2)c1C. The van der Waals surface area contributed by atoms with Crippen LogP contribution in [0, 0.1) is 19.8 Å². The molecule has 0 bridgehead atoms. The third kappa shape index (κ3) is 5.13. The van der Waals surface area contributed by atoms with Gasteiger partial charge in [0.15, 0.2) is 0 Å². The molecular formula is C20H26N3O4S-. The number of hydrogen-bond acceptors (Lipinski definition) is 5. The Balaban J connectivity index is 1.56. The van der Waals surface area contributed by atoms with E-state index in [9.17, 15) is 13.2 Å². The molecule has 0 aliphatic heterocycles. The van der Waals surface area contributed by atoms with Crippen LogP contribution in [0.5, 0.6) is 0 Å². The fourth-order valence-corrected chi connectivity index (χ4v) is 4.37. The Labute approximate surface area is 165 Å². The predicted octanol–water partition coefficient (Wildman–Crippen LogP) is 4.98. The van der Waals surface area contributed by atoms with Gasteiger partial charge in [0.25, 0.3) is 0 Å². The third-order valence-electron chi connectivity index (χ3n) is 5.28. The number of hydrogen-bond donors (Lipinski definition) is 1. The number of rotatable bonds is 7. The fraction of sp³-hybridized carbons (Fsp3) is 0.500. The first-order chi connectivity index (χ1) is 13.3. The lowest BCUT2D eigenvalue weighted by Gasteiger charge is -2.21. The highest BCUT2D eigenvalue weighted by Crippen LogP contribution is 2.32. The number of anilines is 1. The molecule has 1 amide bonds. The number of sulfonamides is 1. The number of amides is 1. The zero-order chi connectivity index (χ0) is 20.1. The molecule has 1 aliphatic rings. The number of carbonyl (C=O) groups is 1. The minimum absolute atomic E-state index is 0.0161. The van der Waals surface area contributed by atoms with Gasteiger partial charge in [-0.25, -0.2) is 8.42 Å². The molecule has 1 saturated carbocycles. The summed E-state index contributed by atoms with van der Waals surface area (Å²) in [5, 5.41) is 6.54. The number of carbonyl (C=O) groups excluding carboxylic acids is 1. The van der Waals surface area contributed by atoms with Gasteiger partial charge in [-0.2, -0.15) is 0 Å². The van der Waals surface area contributed by atoms with E-state index in [1.54, 1.807) is 26.0 Å². The molecule has 152 valence electrons. The Bertz CT molecular complexity index is 913. The zero-order valence-electron chi connectivity index (χ0n) is 16.3. The van der Waals surface area contributed by atoms with Gasteiger partial charge in [0.05, 0.1) is 16.5 Å². The molecule has 1 aromatic heterocycles. The molecule has 7 nitrogen and oxygen atoms in total. The average molecular weight is 405 g/mol. The molecule has 0 unspecified atom stereocenters.